The van der Waals surface area contributed by atoms with Gasteiger partial charge in [0.15, 0.2) is 0 Å². The van der Waals surface area contributed by atoms with Crippen molar-refractivity contribution in [3.8, 4) is 33.4 Å². The van der Waals surface area contributed by atoms with Gasteiger partial charge in [0.25, 0.3) is 0 Å². The first-order valence-electron chi connectivity index (χ1n) is 19.3. The number of hydrogen-bond acceptors (Lipinski definition) is 14. The van der Waals surface area contributed by atoms with Crippen LogP contribution in [0.5, 0.6) is 0 Å². The first kappa shape index (κ1) is 48.8. The molecule has 0 aliphatic carbocycles. The fraction of sp³-hybridized carbons (Fsp3) is 0. The van der Waals surface area contributed by atoms with Gasteiger partial charge in [0.1, 0.15) is 0 Å². The van der Waals surface area contributed by atoms with Crippen LogP contribution in [-0.4, -0.2) is 112 Å². The van der Waals surface area contributed by atoms with Crippen LogP contribution in [0.15, 0.2) is 109 Å². The second-order valence-electron chi connectivity index (χ2n) is 14.2. The van der Waals surface area contributed by atoms with Gasteiger partial charge in [-0.3, -0.25) is 0 Å². The van der Waals surface area contributed by atoms with Crippen LogP contribution in [0, 0.1) is 0 Å². The number of carbonyl (C=O) groups is 12. The summed E-state index contributed by atoms with van der Waals surface area (Å²) >= 11 is 0. The largest absolute Gasteiger partial charge is 0.478 e. The van der Waals surface area contributed by atoms with E-state index in [0.29, 0.717) is 6.07 Å². The maximum absolute atomic E-state index is 14.6. The van der Waals surface area contributed by atoms with E-state index in [0.717, 1.165) is 72.8 Å². The van der Waals surface area contributed by atoms with E-state index in [9.17, 15) is 98.4 Å². The Hall–Kier alpha value is -10.6. The lowest BCUT2D eigenvalue weighted by atomic mass is 9.87. The van der Waals surface area contributed by atoms with E-state index in [4.69, 9.17) is 9.47 Å². The van der Waals surface area contributed by atoms with Crippen LogP contribution in [0.25, 0.3) is 33.4 Å². The smallest absolute Gasteiger partial charge is 0.347 e. The molecule has 70 heavy (non-hydrogen) atoms. The lowest BCUT2D eigenvalue weighted by Crippen LogP contribution is -2.26. The third-order valence-electron chi connectivity index (χ3n) is 10.2. The molecular formula is C48H26O22. The van der Waals surface area contributed by atoms with Crippen molar-refractivity contribution in [1.82, 2.24) is 0 Å². The van der Waals surface area contributed by atoms with Crippen molar-refractivity contribution >= 4 is 71.6 Å². The molecule has 8 N–H and O–H groups in total. The number of esters is 4. The number of benzene rings is 6. The highest BCUT2D eigenvalue weighted by Gasteiger charge is 2.39. The summed E-state index contributed by atoms with van der Waals surface area (Å²) in [4.78, 5) is 157. The number of carboxylic acids is 8. The third kappa shape index (κ3) is 9.12. The van der Waals surface area contributed by atoms with Crippen molar-refractivity contribution in [3.05, 3.63) is 176 Å². The zero-order chi connectivity index (χ0) is 51.5. The average molecular weight is 955 g/mol. The lowest BCUT2D eigenvalue weighted by molar-refractivity contribution is 0.0352. The number of aromatic carboxylic acids is 8. The van der Waals surface area contributed by atoms with Crippen LogP contribution >= 0.6 is 0 Å². The highest BCUT2D eigenvalue weighted by atomic mass is 16.6. The first-order chi connectivity index (χ1) is 33.1. The summed E-state index contributed by atoms with van der Waals surface area (Å²) in [5, 5.41) is 80.6. The lowest BCUT2D eigenvalue weighted by Gasteiger charge is -2.19. The van der Waals surface area contributed by atoms with E-state index in [2.05, 4.69) is 0 Å². The number of carbonyl (C=O) groups excluding carboxylic acids is 4. The Kier molecular flexibility index (Phi) is 13.6. The van der Waals surface area contributed by atoms with Gasteiger partial charge >= 0.3 is 71.6 Å². The summed E-state index contributed by atoms with van der Waals surface area (Å²) in [7, 11) is 0. The fourth-order valence-electron chi connectivity index (χ4n) is 7.43. The van der Waals surface area contributed by atoms with E-state index >= 15 is 0 Å². The molecule has 350 valence electrons. The number of carboxylic acid groups (broad SMARTS) is 8. The number of rotatable bonds is 15. The first-order valence-corrected chi connectivity index (χ1v) is 19.3. The molecule has 0 amide bonds. The number of hydrogen-bond donors (Lipinski definition) is 8. The van der Waals surface area contributed by atoms with Crippen molar-refractivity contribution in [3.63, 3.8) is 0 Å². The maximum Gasteiger partial charge on any atom is 0.347 e. The molecule has 0 fully saturated rings. The van der Waals surface area contributed by atoms with Gasteiger partial charge in [-0.2, -0.15) is 0 Å². The van der Waals surface area contributed by atoms with Gasteiger partial charge < -0.3 is 50.3 Å². The molecule has 0 heterocycles. The maximum atomic E-state index is 14.6. The molecule has 0 bridgehead atoms. The molecule has 0 aromatic heterocycles. The van der Waals surface area contributed by atoms with Crippen molar-refractivity contribution in [2.75, 3.05) is 0 Å². The van der Waals surface area contributed by atoms with E-state index in [1.807, 2.05) is 0 Å². The molecule has 0 unspecified atom stereocenters. The van der Waals surface area contributed by atoms with Crippen LogP contribution in [0.3, 0.4) is 0 Å². The Labute approximate surface area is 388 Å². The molecule has 6 rings (SSSR count). The highest BCUT2D eigenvalue weighted by Crippen LogP contribution is 2.37. The van der Waals surface area contributed by atoms with Gasteiger partial charge in [0.05, 0.1) is 66.8 Å². The van der Waals surface area contributed by atoms with Crippen LogP contribution < -0.4 is 0 Å². The molecule has 0 saturated carbocycles. The normalized spacial score (nSPS) is 10.6. The van der Waals surface area contributed by atoms with E-state index in [-0.39, 0.29) is 5.56 Å². The van der Waals surface area contributed by atoms with Crippen molar-refractivity contribution in [1.29, 1.82) is 0 Å². The molecule has 0 aliphatic heterocycles. The van der Waals surface area contributed by atoms with Crippen molar-refractivity contribution in [2.45, 2.75) is 0 Å². The Morgan fingerprint density at radius 1 is 0.257 bits per heavy atom. The molecule has 6 aromatic carbocycles. The summed E-state index contributed by atoms with van der Waals surface area (Å²) in [6.45, 7) is 0. The average Bonchev–Trinajstić information content (AvgIpc) is 3.31. The molecular weight excluding hydrogens is 929 g/mol. The van der Waals surface area contributed by atoms with Crippen LogP contribution in [-0.2, 0) is 9.47 Å². The van der Waals surface area contributed by atoms with Gasteiger partial charge in [-0.15, -0.1) is 0 Å². The fourth-order valence-corrected chi connectivity index (χ4v) is 7.43. The summed E-state index contributed by atoms with van der Waals surface area (Å²) in [6.07, 6.45) is 0. The standard InChI is InChI=1S/C48H26O22/c49-37(50)24-14-4-10-20(30(24)42(59)60)22-12-6-16-26(39(53)54)32(22)45(65)69-47(67)35-28(19-8-2-1-3-9-19)18-29(41(57)58)34(44(63)64)36(35)48(68)70-46(66)33-23(13-7-17-27(33)40(55)56)21-11-5-15-25(38(51)52)31(21)43(61)62/h1-18H,(H,49,50)(H,51,52)(H,53,54)(H,55,56)(H,57,58)(H,59,60)(H,61,62)(H,63,64). The minimum atomic E-state index is -2.31. The summed E-state index contributed by atoms with van der Waals surface area (Å²) in [5.41, 5.74) is -17.3. The SMILES string of the molecule is O=C(O)c1cccc(-c2cccc(C(=O)O)c2C(=O)OC(=O)c2c(-c3ccccc3)cc(C(=O)O)c(C(=O)O)c2C(=O)OC(=O)c2c(C(=O)O)cccc2-c2cccc(C(=O)O)c2C(=O)O)c1C(=O)O. The minimum absolute atomic E-state index is 0.219. The summed E-state index contributed by atoms with van der Waals surface area (Å²) < 4.78 is 10.1. The summed E-state index contributed by atoms with van der Waals surface area (Å²) in [6, 6.07) is 18.1. The highest BCUT2D eigenvalue weighted by molar-refractivity contribution is 6.22. The van der Waals surface area contributed by atoms with E-state index in [1.165, 1.54) is 30.3 Å². The summed E-state index contributed by atoms with van der Waals surface area (Å²) in [5.74, 6) is -23.9. The van der Waals surface area contributed by atoms with Crippen molar-refractivity contribution < 1.29 is 108 Å². The predicted molar refractivity (Wildman–Crippen MR) is 231 cm³/mol. The quantitative estimate of drug-likeness (QED) is 0.0415. The Balaban J connectivity index is 1.62. The monoisotopic (exact) mass is 954 g/mol. The van der Waals surface area contributed by atoms with Gasteiger partial charge in [-0.25, -0.2) is 57.5 Å². The molecule has 22 nitrogen and oxygen atoms in total. The molecule has 0 saturated heterocycles. The zero-order valence-electron chi connectivity index (χ0n) is 34.7. The van der Waals surface area contributed by atoms with Gasteiger partial charge in [-0.1, -0.05) is 78.9 Å². The minimum Gasteiger partial charge on any atom is -0.478 e. The van der Waals surface area contributed by atoms with E-state index < -0.39 is 166 Å². The van der Waals surface area contributed by atoms with Gasteiger partial charge in [0, 0.05) is 0 Å². The molecule has 0 spiro atoms. The third-order valence-corrected chi connectivity index (χ3v) is 10.2. The van der Waals surface area contributed by atoms with Crippen LogP contribution in [0.1, 0.15) is 124 Å². The second-order valence-corrected chi connectivity index (χ2v) is 14.2. The molecule has 0 atom stereocenters. The molecule has 0 aliphatic rings. The van der Waals surface area contributed by atoms with Gasteiger partial charge in [-0.05, 0) is 63.7 Å². The van der Waals surface area contributed by atoms with Crippen LogP contribution in [0.4, 0.5) is 0 Å². The Morgan fingerprint density at radius 3 is 0.886 bits per heavy atom. The molecule has 22 heteroatoms. The second kappa shape index (κ2) is 19.4. The van der Waals surface area contributed by atoms with Crippen LogP contribution in [0.2, 0.25) is 0 Å². The van der Waals surface area contributed by atoms with Gasteiger partial charge in [0.2, 0.25) is 0 Å². The predicted octanol–water partition coefficient (Wildman–Crippen LogP) is 6.27. The van der Waals surface area contributed by atoms with E-state index in [1.54, 1.807) is 0 Å². The Bertz CT molecular complexity index is 3360. The molecule has 0 radical (unpaired) electrons. The zero-order valence-corrected chi connectivity index (χ0v) is 34.7. The molecule has 6 aromatic rings. The number of ether oxygens (including phenoxy) is 2. The Morgan fingerprint density at radius 2 is 0.557 bits per heavy atom. The topological polar surface area (TPSA) is 385 Å². The van der Waals surface area contributed by atoms with Crippen molar-refractivity contribution in [2.24, 2.45) is 0 Å².